The number of aryl methyl sites for hydroxylation is 1. The average Bonchev–Trinajstić information content (AvgIpc) is 3.30. The standard InChI is InChI=1S/C19H15ClF2N4S2/c1-10-12(20)2-3-14-16(10)23-18(27-14)25-4-6-26(7-5-25)19-24-17-13(22)8-11(21)9-15(17)28-19/h2-3,8-9H,4-7H2,1H3. The molecule has 28 heavy (non-hydrogen) atoms. The number of fused-ring (bicyclic) bond motifs is 2. The quantitative estimate of drug-likeness (QED) is 0.417. The highest BCUT2D eigenvalue weighted by atomic mass is 35.5. The van der Waals surface area contributed by atoms with Crippen LogP contribution in [0.1, 0.15) is 5.56 Å². The Morgan fingerprint density at radius 2 is 1.50 bits per heavy atom. The molecule has 0 saturated carbocycles. The Morgan fingerprint density at radius 1 is 0.893 bits per heavy atom. The molecule has 0 radical (unpaired) electrons. The summed E-state index contributed by atoms with van der Waals surface area (Å²) >= 11 is 9.20. The van der Waals surface area contributed by atoms with E-state index in [2.05, 4.69) is 14.8 Å². The molecule has 9 heteroatoms. The van der Waals surface area contributed by atoms with Crippen molar-refractivity contribution in [3.05, 3.63) is 46.5 Å². The summed E-state index contributed by atoms with van der Waals surface area (Å²) in [5, 5.41) is 2.44. The van der Waals surface area contributed by atoms with Crippen LogP contribution in [0.15, 0.2) is 24.3 Å². The lowest BCUT2D eigenvalue weighted by molar-refractivity contribution is 0.591. The second kappa shape index (κ2) is 6.79. The van der Waals surface area contributed by atoms with Crippen LogP contribution >= 0.6 is 34.3 Å². The fraction of sp³-hybridized carbons (Fsp3) is 0.263. The van der Waals surface area contributed by atoms with Crippen LogP contribution in [0.2, 0.25) is 5.02 Å². The van der Waals surface area contributed by atoms with E-state index in [-0.39, 0.29) is 5.52 Å². The minimum atomic E-state index is -0.611. The zero-order valence-electron chi connectivity index (χ0n) is 14.9. The molecule has 0 amide bonds. The van der Waals surface area contributed by atoms with E-state index >= 15 is 0 Å². The highest BCUT2D eigenvalue weighted by Crippen LogP contribution is 2.35. The fourth-order valence-corrected chi connectivity index (χ4v) is 5.68. The Morgan fingerprint density at radius 3 is 2.18 bits per heavy atom. The molecule has 4 nitrogen and oxygen atoms in total. The predicted octanol–water partition coefficient (Wildman–Crippen LogP) is 5.47. The number of benzene rings is 2. The van der Waals surface area contributed by atoms with Crippen molar-refractivity contribution < 1.29 is 8.78 Å². The number of aromatic nitrogens is 2. The van der Waals surface area contributed by atoms with Gasteiger partial charge in [-0.25, -0.2) is 18.7 Å². The van der Waals surface area contributed by atoms with Gasteiger partial charge in [0.1, 0.15) is 11.3 Å². The Hall–Kier alpha value is -2.03. The maximum Gasteiger partial charge on any atom is 0.186 e. The maximum atomic E-state index is 13.9. The lowest BCUT2D eigenvalue weighted by atomic mass is 10.2. The molecule has 0 bridgehead atoms. The van der Waals surface area contributed by atoms with Crippen molar-refractivity contribution in [2.45, 2.75) is 6.92 Å². The van der Waals surface area contributed by atoms with Crippen LogP contribution in [0, 0.1) is 18.6 Å². The van der Waals surface area contributed by atoms with Crippen molar-refractivity contribution >= 4 is 65.0 Å². The van der Waals surface area contributed by atoms with E-state index in [9.17, 15) is 8.78 Å². The van der Waals surface area contributed by atoms with Crippen molar-refractivity contribution in [2.24, 2.45) is 0 Å². The number of halogens is 3. The van der Waals surface area contributed by atoms with Gasteiger partial charge in [-0.3, -0.25) is 0 Å². The van der Waals surface area contributed by atoms with Gasteiger partial charge in [0.05, 0.1) is 14.9 Å². The van der Waals surface area contributed by atoms with Gasteiger partial charge in [-0.15, -0.1) is 0 Å². The topological polar surface area (TPSA) is 32.3 Å². The molecule has 0 N–H and O–H groups in total. The minimum Gasteiger partial charge on any atom is -0.345 e. The molecule has 2 aromatic carbocycles. The second-order valence-corrected chi connectivity index (χ2v) is 9.15. The molecule has 0 spiro atoms. The largest absolute Gasteiger partial charge is 0.345 e. The molecule has 144 valence electrons. The van der Waals surface area contributed by atoms with E-state index < -0.39 is 11.6 Å². The Labute approximate surface area is 173 Å². The summed E-state index contributed by atoms with van der Waals surface area (Å²) < 4.78 is 29.0. The number of hydrogen-bond acceptors (Lipinski definition) is 6. The normalized spacial score (nSPS) is 15.1. The minimum absolute atomic E-state index is 0.238. The van der Waals surface area contributed by atoms with Gasteiger partial charge in [0, 0.05) is 37.3 Å². The second-order valence-electron chi connectivity index (χ2n) is 6.72. The van der Waals surface area contributed by atoms with E-state index in [1.807, 2.05) is 19.1 Å². The van der Waals surface area contributed by atoms with Gasteiger partial charge in [0.15, 0.2) is 16.1 Å². The van der Waals surface area contributed by atoms with Crippen LogP contribution < -0.4 is 9.80 Å². The molecule has 1 fully saturated rings. The van der Waals surface area contributed by atoms with E-state index in [0.29, 0.717) is 4.70 Å². The van der Waals surface area contributed by atoms with Gasteiger partial charge in [0.25, 0.3) is 0 Å². The summed E-state index contributed by atoms with van der Waals surface area (Å²) in [6.07, 6.45) is 0. The third-order valence-electron chi connectivity index (χ3n) is 4.96. The summed E-state index contributed by atoms with van der Waals surface area (Å²) in [6, 6.07) is 6.14. The van der Waals surface area contributed by atoms with Crippen LogP contribution in [-0.2, 0) is 0 Å². The number of anilines is 2. The molecular formula is C19H15ClF2N4S2. The van der Waals surface area contributed by atoms with E-state index in [1.54, 1.807) is 11.3 Å². The number of thiazole rings is 2. The number of hydrogen-bond donors (Lipinski definition) is 0. The van der Waals surface area contributed by atoms with Crippen molar-refractivity contribution in [1.29, 1.82) is 0 Å². The van der Waals surface area contributed by atoms with Crippen LogP contribution in [0.5, 0.6) is 0 Å². The third kappa shape index (κ3) is 3.00. The third-order valence-corrected chi connectivity index (χ3v) is 7.51. The van der Waals surface area contributed by atoms with Gasteiger partial charge < -0.3 is 9.80 Å². The molecule has 0 atom stereocenters. The zero-order valence-corrected chi connectivity index (χ0v) is 17.3. The first-order valence-corrected chi connectivity index (χ1v) is 10.8. The monoisotopic (exact) mass is 436 g/mol. The van der Waals surface area contributed by atoms with E-state index in [0.717, 1.165) is 63.3 Å². The summed E-state index contributed by atoms with van der Waals surface area (Å²) in [6.45, 7) is 5.07. The van der Waals surface area contributed by atoms with Crippen molar-refractivity contribution in [2.75, 3.05) is 36.0 Å². The van der Waals surface area contributed by atoms with Gasteiger partial charge in [-0.2, -0.15) is 0 Å². The summed E-state index contributed by atoms with van der Waals surface area (Å²) in [5.41, 5.74) is 2.20. The van der Waals surface area contributed by atoms with E-state index in [1.165, 1.54) is 17.4 Å². The average molecular weight is 437 g/mol. The van der Waals surface area contributed by atoms with Crippen LogP contribution in [0.4, 0.5) is 19.0 Å². The molecule has 2 aromatic heterocycles. The number of nitrogens with zero attached hydrogens (tertiary/aromatic N) is 4. The number of piperazine rings is 1. The predicted molar refractivity (Wildman–Crippen MR) is 113 cm³/mol. The SMILES string of the molecule is Cc1c(Cl)ccc2sc(N3CCN(c4nc5c(F)cc(F)cc5s4)CC3)nc12. The maximum absolute atomic E-state index is 13.9. The first kappa shape index (κ1) is 18.0. The summed E-state index contributed by atoms with van der Waals surface area (Å²) in [5.74, 6) is -1.18. The summed E-state index contributed by atoms with van der Waals surface area (Å²) in [4.78, 5) is 13.5. The van der Waals surface area contributed by atoms with Crippen LogP contribution in [0.3, 0.4) is 0 Å². The lowest BCUT2D eigenvalue weighted by Gasteiger charge is -2.34. The van der Waals surface area contributed by atoms with Gasteiger partial charge >= 0.3 is 0 Å². The Kier molecular flexibility index (Phi) is 4.37. The summed E-state index contributed by atoms with van der Waals surface area (Å²) in [7, 11) is 0. The highest BCUT2D eigenvalue weighted by molar-refractivity contribution is 7.22. The molecule has 4 aromatic rings. The van der Waals surface area contributed by atoms with Crippen molar-refractivity contribution in [3.63, 3.8) is 0 Å². The number of rotatable bonds is 2. The molecule has 3 heterocycles. The van der Waals surface area contributed by atoms with Crippen molar-refractivity contribution in [3.8, 4) is 0 Å². The van der Waals surface area contributed by atoms with Crippen LogP contribution in [-0.4, -0.2) is 36.1 Å². The zero-order chi connectivity index (χ0) is 19.4. The van der Waals surface area contributed by atoms with Crippen molar-refractivity contribution in [1.82, 2.24) is 9.97 Å². The smallest absolute Gasteiger partial charge is 0.186 e. The molecule has 5 rings (SSSR count). The Balaban J connectivity index is 1.36. The lowest BCUT2D eigenvalue weighted by Crippen LogP contribution is -2.46. The molecular weight excluding hydrogens is 422 g/mol. The fourth-order valence-electron chi connectivity index (χ4n) is 3.39. The van der Waals surface area contributed by atoms with Gasteiger partial charge in [-0.05, 0) is 30.7 Å². The van der Waals surface area contributed by atoms with E-state index in [4.69, 9.17) is 16.6 Å². The molecule has 1 aliphatic rings. The Bertz CT molecular complexity index is 1190. The van der Waals surface area contributed by atoms with Gasteiger partial charge in [-0.1, -0.05) is 34.3 Å². The molecule has 1 aliphatic heterocycles. The first-order valence-electron chi connectivity index (χ1n) is 8.81. The first-order chi connectivity index (χ1) is 13.5. The molecule has 0 aliphatic carbocycles. The molecule has 0 unspecified atom stereocenters. The van der Waals surface area contributed by atoms with Gasteiger partial charge in [0.2, 0.25) is 0 Å². The highest BCUT2D eigenvalue weighted by Gasteiger charge is 2.23. The van der Waals surface area contributed by atoms with Crippen LogP contribution in [0.25, 0.3) is 20.4 Å². The molecule has 1 saturated heterocycles.